The fourth-order valence-electron chi connectivity index (χ4n) is 2.81. The van der Waals surface area contributed by atoms with Crippen LogP contribution in [0.15, 0.2) is 6.07 Å². The molecular formula is C14H23IN2OS. The van der Waals surface area contributed by atoms with Crippen LogP contribution in [-0.2, 0) is 6.42 Å². The molecule has 0 radical (unpaired) electrons. The smallest absolute Gasteiger partial charge is 0.0869 e. The standard InChI is InChI=1S/C14H23IN2OS/c1-14(18,9-17(2)3)8-16-11-5-4-6-12-10(11)7-13(15)19-12/h7,11,16,18H,4-6,8-9H2,1-3H3. The van der Waals surface area contributed by atoms with Gasteiger partial charge in [-0.25, -0.2) is 0 Å². The van der Waals surface area contributed by atoms with Gasteiger partial charge in [0, 0.05) is 24.0 Å². The first-order valence-electron chi connectivity index (χ1n) is 6.76. The number of rotatable bonds is 5. The van der Waals surface area contributed by atoms with E-state index < -0.39 is 5.60 Å². The maximum atomic E-state index is 10.4. The molecule has 1 aromatic heterocycles. The van der Waals surface area contributed by atoms with Crippen molar-refractivity contribution in [3.63, 3.8) is 0 Å². The van der Waals surface area contributed by atoms with Crippen molar-refractivity contribution in [2.75, 3.05) is 27.2 Å². The molecule has 1 aliphatic rings. The molecule has 2 atom stereocenters. The molecule has 2 N–H and O–H groups in total. The zero-order valence-electron chi connectivity index (χ0n) is 11.9. The van der Waals surface area contributed by atoms with E-state index in [0.717, 1.165) is 0 Å². The second-order valence-electron chi connectivity index (χ2n) is 5.99. The number of fused-ring (bicyclic) bond motifs is 1. The largest absolute Gasteiger partial charge is 0.388 e. The van der Waals surface area contributed by atoms with Gasteiger partial charge in [-0.1, -0.05) is 0 Å². The van der Waals surface area contributed by atoms with Gasteiger partial charge < -0.3 is 15.3 Å². The molecular weight excluding hydrogens is 371 g/mol. The van der Waals surface area contributed by atoms with E-state index >= 15 is 0 Å². The van der Waals surface area contributed by atoms with Crippen molar-refractivity contribution in [1.82, 2.24) is 10.2 Å². The van der Waals surface area contributed by atoms with Crippen molar-refractivity contribution in [2.24, 2.45) is 0 Å². The summed E-state index contributed by atoms with van der Waals surface area (Å²) in [7, 11) is 3.99. The fraction of sp³-hybridized carbons (Fsp3) is 0.714. The van der Waals surface area contributed by atoms with E-state index in [1.807, 2.05) is 37.3 Å². The second-order valence-corrected chi connectivity index (χ2v) is 9.02. The molecule has 2 rings (SSSR count). The lowest BCUT2D eigenvalue weighted by Crippen LogP contribution is -2.46. The van der Waals surface area contributed by atoms with Crippen LogP contribution in [0.1, 0.15) is 36.2 Å². The first kappa shape index (κ1) is 15.7. The summed E-state index contributed by atoms with van der Waals surface area (Å²) in [6.07, 6.45) is 3.64. The van der Waals surface area contributed by atoms with E-state index in [1.165, 1.54) is 32.6 Å². The minimum Gasteiger partial charge on any atom is -0.388 e. The first-order valence-corrected chi connectivity index (χ1v) is 8.65. The Morgan fingerprint density at radius 3 is 3.00 bits per heavy atom. The predicted octanol–water partition coefficient (Wildman–Crippen LogP) is 2.63. The summed E-state index contributed by atoms with van der Waals surface area (Å²) in [5.74, 6) is 0. The Hall–Kier alpha value is 0.310. The van der Waals surface area contributed by atoms with Crippen LogP contribution in [0.3, 0.4) is 0 Å². The molecule has 0 fully saturated rings. The van der Waals surface area contributed by atoms with Crippen molar-refractivity contribution < 1.29 is 5.11 Å². The van der Waals surface area contributed by atoms with Gasteiger partial charge in [-0.2, -0.15) is 0 Å². The highest BCUT2D eigenvalue weighted by Crippen LogP contribution is 2.36. The average molecular weight is 394 g/mol. The van der Waals surface area contributed by atoms with E-state index in [1.54, 1.807) is 0 Å². The average Bonchev–Trinajstić information content (AvgIpc) is 2.65. The minimum atomic E-state index is -0.676. The Morgan fingerprint density at radius 1 is 1.58 bits per heavy atom. The summed E-state index contributed by atoms with van der Waals surface area (Å²) < 4.78 is 1.37. The maximum absolute atomic E-state index is 10.4. The molecule has 0 aliphatic heterocycles. The van der Waals surface area contributed by atoms with Gasteiger partial charge in [0.25, 0.3) is 0 Å². The van der Waals surface area contributed by atoms with Crippen molar-refractivity contribution in [3.8, 4) is 0 Å². The highest BCUT2D eigenvalue weighted by molar-refractivity contribution is 14.1. The van der Waals surface area contributed by atoms with E-state index in [0.29, 0.717) is 19.1 Å². The van der Waals surface area contributed by atoms with Crippen LogP contribution in [0.2, 0.25) is 0 Å². The third kappa shape index (κ3) is 4.39. The number of nitrogens with one attached hydrogen (secondary N) is 1. The highest BCUT2D eigenvalue weighted by atomic mass is 127. The van der Waals surface area contributed by atoms with Crippen molar-refractivity contribution in [1.29, 1.82) is 0 Å². The molecule has 1 aliphatic carbocycles. The number of halogens is 1. The third-order valence-electron chi connectivity index (χ3n) is 3.47. The highest BCUT2D eigenvalue weighted by Gasteiger charge is 2.26. The van der Waals surface area contributed by atoms with Crippen molar-refractivity contribution in [2.45, 2.75) is 37.8 Å². The summed E-state index contributed by atoms with van der Waals surface area (Å²) in [6, 6.07) is 2.72. The van der Waals surface area contributed by atoms with Gasteiger partial charge in [-0.05, 0) is 74.5 Å². The number of aryl methyl sites for hydroxylation is 1. The molecule has 2 unspecified atom stereocenters. The molecule has 1 aromatic rings. The Labute approximate surface area is 133 Å². The molecule has 1 heterocycles. The Kier molecular flexibility index (Phi) is 5.28. The second kappa shape index (κ2) is 6.39. The quantitative estimate of drug-likeness (QED) is 0.754. The number of hydrogen-bond acceptors (Lipinski definition) is 4. The summed E-state index contributed by atoms with van der Waals surface area (Å²) in [5.41, 5.74) is 0.783. The third-order valence-corrected chi connectivity index (χ3v) is 5.44. The Morgan fingerprint density at radius 2 is 2.32 bits per heavy atom. The maximum Gasteiger partial charge on any atom is 0.0869 e. The number of aliphatic hydroxyl groups is 1. The molecule has 0 saturated heterocycles. The Balaban J connectivity index is 1.97. The lowest BCUT2D eigenvalue weighted by molar-refractivity contribution is 0.0308. The van der Waals surface area contributed by atoms with Crippen molar-refractivity contribution in [3.05, 3.63) is 19.4 Å². The van der Waals surface area contributed by atoms with Gasteiger partial charge >= 0.3 is 0 Å². The zero-order chi connectivity index (χ0) is 14.0. The Bertz CT molecular complexity index is 431. The monoisotopic (exact) mass is 394 g/mol. The van der Waals surface area contributed by atoms with Gasteiger partial charge in [0.15, 0.2) is 0 Å². The van der Waals surface area contributed by atoms with Crippen molar-refractivity contribution >= 4 is 33.9 Å². The fourth-order valence-corrected chi connectivity index (χ4v) is 4.93. The predicted molar refractivity (Wildman–Crippen MR) is 89.9 cm³/mol. The zero-order valence-corrected chi connectivity index (χ0v) is 14.8. The molecule has 0 amide bonds. The van der Waals surface area contributed by atoms with Gasteiger partial charge in [0.1, 0.15) is 0 Å². The molecule has 0 bridgehead atoms. The molecule has 108 valence electrons. The van der Waals surface area contributed by atoms with Crippen LogP contribution in [0.25, 0.3) is 0 Å². The number of hydrogen-bond donors (Lipinski definition) is 2. The summed E-state index contributed by atoms with van der Waals surface area (Å²) in [4.78, 5) is 3.56. The number of thiophene rings is 1. The van der Waals surface area contributed by atoms with Gasteiger partial charge in [0.2, 0.25) is 0 Å². The molecule has 19 heavy (non-hydrogen) atoms. The molecule has 3 nitrogen and oxygen atoms in total. The molecule has 0 aromatic carbocycles. The van der Waals surface area contributed by atoms with Gasteiger partial charge in [-0.15, -0.1) is 11.3 Å². The summed E-state index contributed by atoms with van der Waals surface area (Å²) in [6.45, 7) is 3.23. The lowest BCUT2D eigenvalue weighted by atomic mass is 9.93. The lowest BCUT2D eigenvalue weighted by Gasteiger charge is -2.31. The molecule has 0 spiro atoms. The van der Waals surface area contributed by atoms with Gasteiger partial charge in [0.05, 0.1) is 8.48 Å². The van der Waals surface area contributed by atoms with Crippen LogP contribution < -0.4 is 5.32 Å². The normalized spacial score (nSPS) is 22.3. The van der Waals surface area contributed by atoms with E-state index in [2.05, 4.69) is 34.0 Å². The van der Waals surface area contributed by atoms with E-state index in [4.69, 9.17) is 0 Å². The molecule has 5 heteroatoms. The van der Waals surface area contributed by atoms with Crippen LogP contribution >= 0.6 is 33.9 Å². The summed E-state index contributed by atoms with van der Waals surface area (Å²) in [5, 5.41) is 13.9. The first-order chi connectivity index (χ1) is 8.87. The number of nitrogens with zero attached hydrogens (tertiary/aromatic N) is 1. The topological polar surface area (TPSA) is 35.5 Å². The van der Waals surface area contributed by atoms with Crippen LogP contribution in [0, 0.1) is 2.88 Å². The minimum absolute atomic E-state index is 0.414. The SMILES string of the molecule is CN(C)CC(C)(O)CNC1CCCc2sc(I)cc21. The molecule has 0 saturated carbocycles. The van der Waals surface area contributed by atoms with E-state index in [9.17, 15) is 5.11 Å². The number of likely N-dealkylation sites (N-methyl/N-ethyl adjacent to an activating group) is 1. The van der Waals surface area contributed by atoms with Gasteiger partial charge in [-0.3, -0.25) is 0 Å². The van der Waals surface area contributed by atoms with Crippen LogP contribution in [0.5, 0.6) is 0 Å². The van der Waals surface area contributed by atoms with Crippen LogP contribution in [0.4, 0.5) is 0 Å². The van der Waals surface area contributed by atoms with E-state index in [-0.39, 0.29) is 0 Å². The van der Waals surface area contributed by atoms with Crippen LogP contribution in [-0.4, -0.2) is 42.8 Å². The summed E-state index contributed by atoms with van der Waals surface area (Å²) >= 11 is 4.32.